The molecule has 2 N–H and O–H groups in total. The topological polar surface area (TPSA) is 68.4 Å². The van der Waals surface area contributed by atoms with Crippen molar-refractivity contribution in [3.05, 3.63) is 101 Å². The fourth-order valence-corrected chi connectivity index (χ4v) is 4.62. The van der Waals surface area contributed by atoms with Crippen LogP contribution in [-0.4, -0.2) is 47.2 Å². The molecular weight excluding hydrogens is 455 g/mol. The average Bonchev–Trinajstić information content (AvgIpc) is 3.37. The van der Waals surface area contributed by atoms with Gasteiger partial charge in [-0.2, -0.15) is 0 Å². The number of benzene rings is 2. The number of fused-ring (bicyclic) bond motifs is 1. The van der Waals surface area contributed by atoms with Gasteiger partial charge in [-0.05, 0) is 54.5 Å². The lowest BCUT2D eigenvalue weighted by Gasteiger charge is -2.24. The summed E-state index contributed by atoms with van der Waals surface area (Å²) >= 11 is 0. The molecule has 0 bridgehead atoms. The van der Waals surface area contributed by atoms with Gasteiger partial charge < -0.3 is 20.1 Å². The number of likely N-dealkylation sites (N-methyl/N-ethyl adjacent to an activating group) is 2. The number of hydrogen-bond donors (Lipinski definition) is 2. The third kappa shape index (κ3) is 4.35. The molecule has 6 nitrogen and oxygen atoms in total. The van der Waals surface area contributed by atoms with Crippen LogP contribution in [0.1, 0.15) is 22.5 Å². The molecule has 0 radical (unpaired) electrons. The van der Waals surface area contributed by atoms with Crippen molar-refractivity contribution in [1.82, 2.24) is 14.8 Å². The van der Waals surface area contributed by atoms with Crippen LogP contribution in [0.4, 0.5) is 10.1 Å². The fourth-order valence-electron chi connectivity index (χ4n) is 4.62. The number of nitrogens with zero attached hydrogens (tertiary/aromatic N) is 2. The molecule has 0 unspecified atom stereocenters. The number of allylic oxidation sites excluding steroid dienone is 1. The van der Waals surface area contributed by atoms with Gasteiger partial charge in [-0.3, -0.25) is 9.59 Å². The van der Waals surface area contributed by atoms with Crippen LogP contribution in [0, 0.1) is 12.7 Å². The number of carbonyl (C=O) groups excluding carboxylic acids is 2. The van der Waals surface area contributed by atoms with Crippen molar-refractivity contribution >= 4 is 29.2 Å². The number of aryl methyl sites for hydroxylation is 1. The lowest BCUT2D eigenvalue weighted by Crippen LogP contribution is -2.29. The number of aromatic amines is 1. The van der Waals surface area contributed by atoms with Crippen LogP contribution in [-0.2, 0) is 16.0 Å². The molecule has 2 aromatic carbocycles. The molecule has 0 spiro atoms. The molecule has 2 amide bonds. The fraction of sp³-hybridized carbons (Fsp3) is 0.172. The van der Waals surface area contributed by atoms with Crippen LogP contribution in [0.15, 0.2) is 72.6 Å². The first-order valence-corrected chi connectivity index (χ1v) is 11.8. The molecule has 2 aliphatic heterocycles. The molecule has 0 atom stereocenters. The Balaban J connectivity index is 1.50. The average molecular weight is 483 g/mol. The Labute approximate surface area is 209 Å². The molecule has 36 heavy (non-hydrogen) atoms. The van der Waals surface area contributed by atoms with E-state index in [0.29, 0.717) is 33.6 Å². The summed E-state index contributed by atoms with van der Waals surface area (Å²) in [5.41, 5.74) is 5.98. The first kappa shape index (κ1) is 23.4. The zero-order chi connectivity index (χ0) is 25.4. The van der Waals surface area contributed by atoms with Gasteiger partial charge in [-0.15, -0.1) is 0 Å². The number of halogens is 1. The lowest BCUT2D eigenvalue weighted by molar-refractivity contribution is -0.127. The molecule has 5 rings (SSSR count). The summed E-state index contributed by atoms with van der Waals surface area (Å²) in [7, 11) is 3.74. The van der Waals surface area contributed by atoms with Crippen molar-refractivity contribution in [3.8, 4) is 11.1 Å². The van der Waals surface area contributed by atoms with Crippen LogP contribution >= 0.6 is 0 Å². The standard InChI is InChI=1S/C29H27FN4O2/c1-18-15-19(16-27(35)34(3)20-11-13-33(2)14-12-20)26(31-18)17-23-28-22(21-7-4-5-9-24(21)30)8-6-10-25(28)32-29(23)36/h4-13,15,17,31H,14,16H2,1-3H3,(H,32,36)/b23-17-. The minimum Gasteiger partial charge on any atom is -0.377 e. The molecule has 0 aliphatic carbocycles. The van der Waals surface area contributed by atoms with E-state index in [1.165, 1.54) is 6.07 Å². The van der Waals surface area contributed by atoms with Crippen molar-refractivity contribution in [2.45, 2.75) is 13.3 Å². The SMILES string of the molecule is Cc1cc(CC(=O)N(C)C2=CCN(C)C=C2)c(/C=C2\C(=O)Nc3cccc(-c4ccccc4F)c32)[nH]1. The molecule has 0 saturated heterocycles. The second kappa shape index (κ2) is 9.34. The summed E-state index contributed by atoms with van der Waals surface area (Å²) in [6.45, 7) is 2.65. The molecule has 7 heteroatoms. The third-order valence-electron chi connectivity index (χ3n) is 6.54. The Kier molecular flexibility index (Phi) is 6.06. The maximum Gasteiger partial charge on any atom is 0.256 e. The summed E-state index contributed by atoms with van der Waals surface area (Å²) in [5.74, 6) is -0.679. The number of rotatable bonds is 5. The van der Waals surface area contributed by atoms with E-state index in [-0.39, 0.29) is 24.1 Å². The summed E-state index contributed by atoms with van der Waals surface area (Å²) in [6, 6.07) is 13.9. The van der Waals surface area contributed by atoms with Gasteiger partial charge in [0, 0.05) is 60.7 Å². The van der Waals surface area contributed by atoms with Crippen LogP contribution < -0.4 is 5.32 Å². The molecule has 3 heterocycles. The minimum absolute atomic E-state index is 0.0579. The highest BCUT2D eigenvalue weighted by atomic mass is 19.1. The Morgan fingerprint density at radius 2 is 1.94 bits per heavy atom. The maximum absolute atomic E-state index is 14.7. The van der Waals surface area contributed by atoms with Gasteiger partial charge >= 0.3 is 0 Å². The number of H-pyrrole nitrogens is 1. The Bertz CT molecular complexity index is 1460. The van der Waals surface area contributed by atoms with Crippen molar-refractivity contribution in [1.29, 1.82) is 0 Å². The molecular formula is C29H27FN4O2. The Morgan fingerprint density at radius 3 is 2.69 bits per heavy atom. The number of hydrogen-bond acceptors (Lipinski definition) is 3. The van der Waals surface area contributed by atoms with Crippen molar-refractivity contribution in [2.24, 2.45) is 0 Å². The van der Waals surface area contributed by atoms with E-state index in [4.69, 9.17) is 0 Å². The highest BCUT2D eigenvalue weighted by Crippen LogP contribution is 2.41. The first-order valence-electron chi connectivity index (χ1n) is 11.8. The zero-order valence-electron chi connectivity index (χ0n) is 20.4. The number of aromatic nitrogens is 1. The Morgan fingerprint density at radius 1 is 1.17 bits per heavy atom. The van der Waals surface area contributed by atoms with Crippen LogP contribution in [0.2, 0.25) is 0 Å². The summed E-state index contributed by atoms with van der Waals surface area (Å²) in [5, 5.41) is 2.89. The molecule has 0 saturated carbocycles. The van der Waals surface area contributed by atoms with E-state index >= 15 is 0 Å². The quantitative estimate of drug-likeness (QED) is 0.505. The number of carbonyl (C=O) groups is 2. The maximum atomic E-state index is 14.7. The van der Waals surface area contributed by atoms with Crippen LogP contribution in [0.25, 0.3) is 22.8 Å². The minimum atomic E-state index is -0.355. The van der Waals surface area contributed by atoms with Crippen molar-refractivity contribution < 1.29 is 14.0 Å². The van der Waals surface area contributed by atoms with Gasteiger partial charge in [-0.25, -0.2) is 4.39 Å². The summed E-state index contributed by atoms with van der Waals surface area (Å²) in [6.07, 6.45) is 7.79. The van der Waals surface area contributed by atoms with Crippen molar-refractivity contribution in [3.63, 3.8) is 0 Å². The second-order valence-corrected chi connectivity index (χ2v) is 9.13. The van der Waals surface area contributed by atoms with E-state index in [2.05, 4.69) is 10.3 Å². The highest BCUT2D eigenvalue weighted by molar-refractivity contribution is 6.36. The second-order valence-electron chi connectivity index (χ2n) is 9.13. The first-order chi connectivity index (χ1) is 17.3. The normalized spacial score (nSPS) is 15.7. The van der Waals surface area contributed by atoms with Crippen LogP contribution in [0.3, 0.4) is 0 Å². The van der Waals surface area contributed by atoms with Gasteiger partial charge in [0.2, 0.25) is 5.91 Å². The number of nitrogens with one attached hydrogen (secondary N) is 2. The Hall–Kier alpha value is -4.39. The van der Waals surface area contributed by atoms with E-state index in [1.807, 2.05) is 49.4 Å². The molecule has 0 fully saturated rings. The highest BCUT2D eigenvalue weighted by Gasteiger charge is 2.29. The van der Waals surface area contributed by atoms with E-state index < -0.39 is 0 Å². The predicted octanol–water partition coefficient (Wildman–Crippen LogP) is 4.97. The number of anilines is 1. The van der Waals surface area contributed by atoms with Gasteiger partial charge in [0.1, 0.15) is 5.82 Å². The van der Waals surface area contributed by atoms with Crippen LogP contribution in [0.5, 0.6) is 0 Å². The lowest BCUT2D eigenvalue weighted by atomic mass is 9.93. The number of amides is 2. The largest absolute Gasteiger partial charge is 0.377 e. The monoisotopic (exact) mass is 482 g/mol. The van der Waals surface area contributed by atoms with Gasteiger partial charge in [0.25, 0.3) is 5.91 Å². The van der Waals surface area contributed by atoms with E-state index in [0.717, 1.165) is 23.5 Å². The molecule has 182 valence electrons. The third-order valence-corrected chi connectivity index (χ3v) is 6.54. The zero-order valence-corrected chi connectivity index (χ0v) is 20.4. The van der Waals surface area contributed by atoms with Crippen molar-refractivity contribution in [2.75, 3.05) is 26.0 Å². The molecule has 1 aromatic heterocycles. The molecule has 2 aliphatic rings. The van der Waals surface area contributed by atoms with Gasteiger partial charge in [-0.1, -0.05) is 30.3 Å². The van der Waals surface area contributed by atoms with Gasteiger partial charge in [0.15, 0.2) is 0 Å². The smallest absolute Gasteiger partial charge is 0.256 e. The predicted molar refractivity (Wildman–Crippen MR) is 140 cm³/mol. The van der Waals surface area contributed by atoms with E-state index in [1.54, 1.807) is 48.4 Å². The molecule has 3 aromatic rings. The summed E-state index contributed by atoms with van der Waals surface area (Å²) in [4.78, 5) is 33.1. The summed E-state index contributed by atoms with van der Waals surface area (Å²) < 4.78 is 14.7. The van der Waals surface area contributed by atoms with Gasteiger partial charge in [0.05, 0.1) is 12.0 Å². The van der Waals surface area contributed by atoms with E-state index in [9.17, 15) is 14.0 Å².